The van der Waals surface area contributed by atoms with Crippen molar-refractivity contribution in [2.75, 3.05) is 18.2 Å². The molecule has 2 aromatic carbocycles. The molecule has 1 N–H and O–H groups in total. The van der Waals surface area contributed by atoms with Gasteiger partial charge in [-0.3, -0.25) is 14.9 Å². The molecule has 11 heteroatoms. The normalized spacial score (nSPS) is 10.5. The molecular weight excluding hydrogens is 424 g/mol. The predicted molar refractivity (Wildman–Crippen MR) is 114 cm³/mol. The van der Waals surface area contributed by atoms with Crippen molar-refractivity contribution >= 4 is 29.0 Å². The van der Waals surface area contributed by atoms with Crippen molar-refractivity contribution in [2.45, 2.75) is 25.7 Å². The summed E-state index contributed by atoms with van der Waals surface area (Å²) >= 11 is 1.02. The van der Waals surface area contributed by atoms with E-state index in [4.69, 9.17) is 13.9 Å². The molecule has 31 heavy (non-hydrogen) atoms. The summed E-state index contributed by atoms with van der Waals surface area (Å²) in [6, 6.07) is 10.3. The van der Waals surface area contributed by atoms with Crippen LogP contribution in [0.15, 0.2) is 46.0 Å². The van der Waals surface area contributed by atoms with Gasteiger partial charge in [0.1, 0.15) is 17.2 Å². The summed E-state index contributed by atoms with van der Waals surface area (Å²) < 4.78 is 16.2. The van der Waals surface area contributed by atoms with Gasteiger partial charge in [0.25, 0.3) is 16.8 Å². The molecule has 1 aromatic heterocycles. The SMILES string of the molecule is COc1cccc(OCc2nnc(SCC(=O)Nc3c(C)cc(C)cc3[N+](=O)[O-])o2)c1. The molecule has 0 bridgehead atoms. The van der Waals surface area contributed by atoms with Gasteiger partial charge in [-0.1, -0.05) is 23.9 Å². The minimum atomic E-state index is -0.518. The second kappa shape index (κ2) is 9.94. The molecule has 0 saturated carbocycles. The fourth-order valence-electron chi connectivity index (χ4n) is 2.75. The van der Waals surface area contributed by atoms with Gasteiger partial charge in [-0.15, -0.1) is 10.2 Å². The maximum Gasteiger partial charge on any atom is 0.293 e. The lowest BCUT2D eigenvalue weighted by Crippen LogP contribution is -2.16. The van der Waals surface area contributed by atoms with Crippen LogP contribution in [0.4, 0.5) is 11.4 Å². The lowest BCUT2D eigenvalue weighted by Gasteiger charge is -2.09. The minimum absolute atomic E-state index is 0.0527. The zero-order chi connectivity index (χ0) is 22.4. The van der Waals surface area contributed by atoms with Crippen LogP contribution in [0.3, 0.4) is 0 Å². The number of nitrogens with zero attached hydrogens (tertiary/aromatic N) is 3. The Labute approximate surface area is 182 Å². The molecule has 162 valence electrons. The van der Waals surface area contributed by atoms with Gasteiger partial charge in [0.2, 0.25) is 5.91 Å². The van der Waals surface area contributed by atoms with Crippen LogP contribution in [-0.4, -0.2) is 33.9 Å². The fraction of sp³-hybridized carbons (Fsp3) is 0.250. The van der Waals surface area contributed by atoms with E-state index in [2.05, 4.69) is 15.5 Å². The van der Waals surface area contributed by atoms with Gasteiger partial charge in [0.15, 0.2) is 6.61 Å². The number of amides is 1. The van der Waals surface area contributed by atoms with E-state index in [1.165, 1.54) is 6.07 Å². The van der Waals surface area contributed by atoms with Crippen molar-refractivity contribution in [1.82, 2.24) is 10.2 Å². The second-order valence-electron chi connectivity index (χ2n) is 6.50. The molecule has 1 heterocycles. The van der Waals surface area contributed by atoms with Crippen molar-refractivity contribution in [3.63, 3.8) is 0 Å². The molecule has 0 radical (unpaired) electrons. The van der Waals surface area contributed by atoms with Crippen LogP contribution < -0.4 is 14.8 Å². The molecule has 0 unspecified atom stereocenters. The van der Waals surface area contributed by atoms with Crippen LogP contribution >= 0.6 is 11.8 Å². The van der Waals surface area contributed by atoms with Crippen LogP contribution in [0.1, 0.15) is 17.0 Å². The van der Waals surface area contributed by atoms with Crippen LogP contribution in [0, 0.1) is 24.0 Å². The number of nitrogens with one attached hydrogen (secondary N) is 1. The summed E-state index contributed by atoms with van der Waals surface area (Å²) in [5.74, 6) is 1.02. The number of hydrogen-bond acceptors (Lipinski definition) is 9. The number of carbonyl (C=O) groups excluding carboxylic acids is 1. The Morgan fingerprint density at radius 2 is 2.00 bits per heavy atom. The van der Waals surface area contributed by atoms with E-state index in [0.717, 1.165) is 17.3 Å². The van der Waals surface area contributed by atoms with Gasteiger partial charge in [0.05, 0.1) is 17.8 Å². The van der Waals surface area contributed by atoms with Crippen LogP contribution in [-0.2, 0) is 11.4 Å². The number of aryl methyl sites for hydroxylation is 2. The number of nitro groups is 1. The third-order valence-corrected chi connectivity index (χ3v) is 4.92. The van der Waals surface area contributed by atoms with Crippen LogP contribution in [0.25, 0.3) is 0 Å². The quantitative estimate of drug-likeness (QED) is 0.296. The third kappa shape index (κ3) is 5.95. The Kier molecular flexibility index (Phi) is 7.08. The number of methoxy groups -OCH3 is 1. The van der Waals surface area contributed by atoms with Crippen LogP contribution in [0.2, 0.25) is 0 Å². The number of ether oxygens (including phenoxy) is 2. The monoisotopic (exact) mass is 444 g/mol. The highest BCUT2D eigenvalue weighted by Gasteiger charge is 2.19. The van der Waals surface area contributed by atoms with Gasteiger partial charge in [-0.2, -0.15) is 0 Å². The summed E-state index contributed by atoms with van der Waals surface area (Å²) in [7, 11) is 1.56. The van der Waals surface area contributed by atoms with E-state index in [-0.39, 0.29) is 34.8 Å². The second-order valence-corrected chi connectivity index (χ2v) is 7.43. The first kappa shape index (κ1) is 22.1. The number of aromatic nitrogens is 2. The highest BCUT2D eigenvalue weighted by molar-refractivity contribution is 7.99. The van der Waals surface area contributed by atoms with Gasteiger partial charge in [-0.05, 0) is 37.1 Å². The van der Waals surface area contributed by atoms with Gasteiger partial charge in [0, 0.05) is 12.1 Å². The number of rotatable bonds is 9. The standard InChI is InChI=1S/C20H20N4O6S/c1-12-7-13(2)19(16(8-12)24(26)27)21-17(25)11-31-20-23-22-18(30-20)10-29-15-6-4-5-14(9-15)28-3/h4-9H,10-11H2,1-3H3,(H,21,25). The maximum atomic E-state index is 12.3. The van der Waals surface area contributed by atoms with Crippen molar-refractivity contribution in [3.05, 3.63) is 63.5 Å². The minimum Gasteiger partial charge on any atom is -0.497 e. The van der Waals surface area contributed by atoms with Crippen molar-refractivity contribution in [3.8, 4) is 11.5 Å². The molecule has 0 aliphatic rings. The Morgan fingerprint density at radius 3 is 2.74 bits per heavy atom. The van der Waals surface area contributed by atoms with Crippen molar-refractivity contribution < 1.29 is 23.6 Å². The summed E-state index contributed by atoms with van der Waals surface area (Å²) in [6.07, 6.45) is 0. The average Bonchev–Trinajstić information content (AvgIpc) is 3.20. The summed E-state index contributed by atoms with van der Waals surface area (Å²) in [5, 5.41) is 21.8. The first-order chi connectivity index (χ1) is 14.9. The van der Waals surface area contributed by atoms with Gasteiger partial charge >= 0.3 is 0 Å². The first-order valence-electron chi connectivity index (χ1n) is 9.13. The Bertz CT molecular complexity index is 1100. The Morgan fingerprint density at radius 1 is 1.23 bits per heavy atom. The number of nitro benzene ring substituents is 1. The topological polar surface area (TPSA) is 130 Å². The van der Waals surface area contributed by atoms with Crippen LogP contribution in [0.5, 0.6) is 11.5 Å². The molecule has 3 rings (SSSR count). The first-order valence-corrected chi connectivity index (χ1v) is 10.1. The van der Waals surface area contributed by atoms with E-state index in [9.17, 15) is 14.9 Å². The zero-order valence-electron chi connectivity index (χ0n) is 17.1. The number of benzene rings is 2. The molecule has 10 nitrogen and oxygen atoms in total. The zero-order valence-corrected chi connectivity index (χ0v) is 17.9. The van der Waals surface area contributed by atoms with E-state index >= 15 is 0 Å². The number of carbonyl (C=O) groups is 1. The smallest absolute Gasteiger partial charge is 0.293 e. The lowest BCUT2D eigenvalue weighted by molar-refractivity contribution is -0.384. The summed E-state index contributed by atoms with van der Waals surface area (Å²) in [5.41, 5.74) is 1.38. The largest absolute Gasteiger partial charge is 0.497 e. The number of anilines is 1. The molecular formula is C20H20N4O6S. The van der Waals surface area contributed by atoms with E-state index < -0.39 is 10.8 Å². The Balaban J connectivity index is 1.55. The predicted octanol–water partition coefficient (Wildman–Crippen LogP) is 3.91. The molecule has 0 aliphatic heterocycles. The molecule has 1 amide bonds. The van der Waals surface area contributed by atoms with Gasteiger partial charge < -0.3 is 19.2 Å². The van der Waals surface area contributed by atoms with Crippen molar-refractivity contribution in [2.24, 2.45) is 0 Å². The maximum absolute atomic E-state index is 12.3. The Hall–Kier alpha value is -3.60. The van der Waals surface area contributed by atoms with Gasteiger partial charge in [-0.25, -0.2) is 0 Å². The molecule has 0 saturated heterocycles. The van der Waals surface area contributed by atoms with Crippen molar-refractivity contribution in [1.29, 1.82) is 0 Å². The number of hydrogen-bond donors (Lipinski definition) is 1. The third-order valence-electron chi connectivity index (χ3n) is 4.10. The molecule has 0 fully saturated rings. The molecule has 0 atom stereocenters. The van der Waals surface area contributed by atoms with E-state index in [1.54, 1.807) is 51.3 Å². The molecule has 0 spiro atoms. The highest BCUT2D eigenvalue weighted by Crippen LogP contribution is 2.30. The average molecular weight is 444 g/mol. The molecule has 0 aliphatic carbocycles. The summed E-state index contributed by atoms with van der Waals surface area (Å²) in [6.45, 7) is 3.52. The summed E-state index contributed by atoms with van der Waals surface area (Å²) in [4.78, 5) is 23.1. The molecule has 3 aromatic rings. The number of thioether (sulfide) groups is 1. The lowest BCUT2D eigenvalue weighted by atomic mass is 10.1. The van der Waals surface area contributed by atoms with E-state index in [1.807, 2.05) is 0 Å². The highest BCUT2D eigenvalue weighted by atomic mass is 32.2. The van der Waals surface area contributed by atoms with E-state index in [0.29, 0.717) is 17.1 Å². The fourth-order valence-corrected chi connectivity index (χ4v) is 3.33.